The van der Waals surface area contributed by atoms with Crippen molar-refractivity contribution < 1.29 is 9.53 Å². The highest BCUT2D eigenvalue weighted by atomic mass is 16.5. The lowest BCUT2D eigenvalue weighted by Gasteiger charge is -2.07. The SMILES string of the molecule is O=Cc1ccc(C2CNCO2)cc1. The minimum Gasteiger partial charge on any atom is -0.357 e. The number of nitrogens with one attached hydrogen (secondary N) is 1. The van der Waals surface area contributed by atoms with Gasteiger partial charge < -0.3 is 4.74 Å². The summed E-state index contributed by atoms with van der Waals surface area (Å²) >= 11 is 0. The Morgan fingerprint density at radius 1 is 1.38 bits per heavy atom. The number of hydrogen-bond acceptors (Lipinski definition) is 3. The molecule has 0 aliphatic carbocycles. The van der Waals surface area contributed by atoms with E-state index in [1.54, 1.807) is 0 Å². The van der Waals surface area contributed by atoms with Gasteiger partial charge in [-0.25, -0.2) is 0 Å². The molecule has 68 valence electrons. The lowest BCUT2D eigenvalue weighted by molar-refractivity contribution is 0.111. The van der Waals surface area contributed by atoms with E-state index in [4.69, 9.17) is 4.74 Å². The predicted octanol–water partition coefficient (Wildman–Crippen LogP) is 1.12. The standard InChI is InChI=1S/C10H11NO2/c12-6-8-1-3-9(4-2-8)10-5-11-7-13-10/h1-4,6,10-11H,5,7H2. The highest BCUT2D eigenvalue weighted by Gasteiger charge is 2.16. The second-order valence-corrected chi connectivity index (χ2v) is 3.04. The first-order valence-corrected chi connectivity index (χ1v) is 4.27. The van der Waals surface area contributed by atoms with Crippen molar-refractivity contribution >= 4 is 6.29 Å². The minimum atomic E-state index is 0.140. The van der Waals surface area contributed by atoms with Crippen LogP contribution < -0.4 is 5.32 Å². The van der Waals surface area contributed by atoms with Crippen molar-refractivity contribution in [2.24, 2.45) is 0 Å². The van der Waals surface area contributed by atoms with Crippen LogP contribution in [0.3, 0.4) is 0 Å². The molecule has 3 nitrogen and oxygen atoms in total. The molecular formula is C10H11NO2. The van der Waals surface area contributed by atoms with Crippen molar-refractivity contribution in [1.29, 1.82) is 0 Å². The van der Waals surface area contributed by atoms with Crippen molar-refractivity contribution in [1.82, 2.24) is 5.32 Å². The maximum atomic E-state index is 10.4. The summed E-state index contributed by atoms with van der Waals surface area (Å²) in [7, 11) is 0. The van der Waals surface area contributed by atoms with Gasteiger partial charge in [0.05, 0.1) is 12.8 Å². The normalized spacial score (nSPS) is 21.7. The molecule has 1 fully saturated rings. The third kappa shape index (κ3) is 1.76. The first-order valence-electron chi connectivity index (χ1n) is 4.27. The maximum absolute atomic E-state index is 10.4. The largest absolute Gasteiger partial charge is 0.357 e. The van der Waals surface area contributed by atoms with Gasteiger partial charge in [0.25, 0.3) is 0 Å². The highest BCUT2D eigenvalue weighted by molar-refractivity contribution is 5.74. The van der Waals surface area contributed by atoms with E-state index in [-0.39, 0.29) is 6.10 Å². The lowest BCUT2D eigenvalue weighted by atomic mass is 10.1. The van der Waals surface area contributed by atoms with Crippen molar-refractivity contribution in [3.05, 3.63) is 35.4 Å². The molecule has 1 saturated heterocycles. The molecule has 0 saturated carbocycles. The molecule has 1 aromatic rings. The molecule has 0 radical (unpaired) electrons. The van der Waals surface area contributed by atoms with Crippen LogP contribution in [0.15, 0.2) is 24.3 Å². The molecule has 0 spiro atoms. The van der Waals surface area contributed by atoms with Crippen LogP contribution in [0.1, 0.15) is 22.0 Å². The van der Waals surface area contributed by atoms with Crippen LogP contribution in [0.2, 0.25) is 0 Å². The van der Waals surface area contributed by atoms with Gasteiger partial charge in [-0.2, -0.15) is 0 Å². The van der Waals surface area contributed by atoms with Crippen LogP contribution in [-0.2, 0) is 4.74 Å². The summed E-state index contributed by atoms with van der Waals surface area (Å²) in [5.74, 6) is 0. The Labute approximate surface area is 76.7 Å². The van der Waals surface area contributed by atoms with Crippen molar-refractivity contribution in [3.63, 3.8) is 0 Å². The zero-order valence-electron chi connectivity index (χ0n) is 7.19. The predicted molar refractivity (Wildman–Crippen MR) is 48.5 cm³/mol. The molecule has 1 heterocycles. The van der Waals surface area contributed by atoms with Gasteiger partial charge in [0.15, 0.2) is 0 Å². The van der Waals surface area contributed by atoms with E-state index >= 15 is 0 Å². The summed E-state index contributed by atoms with van der Waals surface area (Å²) in [5.41, 5.74) is 1.82. The number of aldehydes is 1. The van der Waals surface area contributed by atoms with E-state index in [0.29, 0.717) is 12.3 Å². The van der Waals surface area contributed by atoms with E-state index in [0.717, 1.165) is 18.4 Å². The summed E-state index contributed by atoms with van der Waals surface area (Å²) < 4.78 is 5.41. The molecule has 3 heteroatoms. The van der Waals surface area contributed by atoms with Crippen LogP contribution in [0, 0.1) is 0 Å². The molecule has 0 amide bonds. The van der Waals surface area contributed by atoms with Crippen LogP contribution in [0.25, 0.3) is 0 Å². The molecule has 2 rings (SSSR count). The van der Waals surface area contributed by atoms with Crippen LogP contribution in [0.5, 0.6) is 0 Å². The monoisotopic (exact) mass is 177 g/mol. The summed E-state index contributed by atoms with van der Waals surface area (Å²) in [5, 5.41) is 3.11. The topological polar surface area (TPSA) is 38.3 Å². The van der Waals surface area contributed by atoms with Gasteiger partial charge in [-0.1, -0.05) is 24.3 Å². The van der Waals surface area contributed by atoms with Crippen molar-refractivity contribution in [3.8, 4) is 0 Å². The van der Waals surface area contributed by atoms with E-state index in [9.17, 15) is 4.79 Å². The van der Waals surface area contributed by atoms with Crippen LogP contribution in [-0.4, -0.2) is 19.6 Å². The molecule has 1 aliphatic heterocycles. The molecule has 1 N–H and O–H groups in total. The molecular weight excluding hydrogens is 166 g/mol. The molecule has 1 aliphatic rings. The fraction of sp³-hybridized carbons (Fsp3) is 0.300. The van der Waals surface area contributed by atoms with Crippen LogP contribution >= 0.6 is 0 Å². The van der Waals surface area contributed by atoms with E-state index < -0.39 is 0 Å². The number of carbonyl (C=O) groups is 1. The van der Waals surface area contributed by atoms with Gasteiger partial charge in [0.2, 0.25) is 0 Å². The average Bonchev–Trinajstić information content (AvgIpc) is 2.71. The molecule has 0 bridgehead atoms. The van der Waals surface area contributed by atoms with Crippen molar-refractivity contribution in [2.45, 2.75) is 6.10 Å². The van der Waals surface area contributed by atoms with E-state index in [1.165, 1.54) is 0 Å². The zero-order chi connectivity index (χ0) is 9.10. The van der Waals surface area contributed by atoms with Gasteiger partial charge in [-0.3, -0.25) is 10.1 Å². The Hall–Kier alpha value is -1.19. The highest BCUT2D eigenvalue weighted by Crippen LogP contribution is 2.19. The summed E-state index contributed by atoms with van der Waals surface area (Å²) in [6.45, 7) is 1.46. The minimum absolute atomic E-state index is 0.140. The second-order valence-electron chi connectivity index (χ2n) is 3.04. The number of hydrogen-bond donors (Lipinski definition) is 1. The Morgan fingerprint density at radius 2 is 2.15 bits per heavy atom. The van der Waals surface area contributed by atoms with Gasteiger partial charge >= 0.3 is 0 Å². The Morgan fingerprint density at radius 3 is 2.69 bits per heavy atom. The summed E-state index contributed by atoms with van der Waals surface area (Å²) in [6, 6.07) is 7.48. The number of carbonyl (C=O) groups excluding carboxylic acids is 1. The Bertz CT molecular complexity index is 288. The molecule has 1 atom stereocenters. The zero-order valence-corrected chi connectivity index (χ0v) is 7.19. The first kappa shape index (κ1) is 8.41. The van der Waals surface area contributed by atoms with Gasteiger partial charge in [-0.15, -0.1) is 0 Å². The van der Waals surface area contributed by atoms with E-state index in [1.807, 2.05) is 24.3 Å². The van der Waals surface area contributed by atoms with Gasteiger partial charge in [0.1, 0.15) is 6.29 Å². The molecule has 1 unspecified atom stereocenters. The fourth-order valence-electron chi connectivity index (χ4n) is 1.41. The quantitative estimate of drug-likeness (QED) is 0.688. The number of ether oxygens (including phenoxy) is 1. The second kappa shape index (κ2) is 3.68. The van der Waals surface area contributed by atoms with Gasteiger partial charge in [0, 0.05) is 12.1 Å². The summed E-state index contributed by atoms with van der Waals surface area (Å²) in [4.78, 5) is 10.4. The maximum Gasteiger partial charge on any atom is 0.150 e. The number of benzene rings is 1. The molecule has 13 heavy (non-hydrogen) atoms. The van der Waals surface area contributed by atoms with Crippen LogP contribution in [0.4, 0.5) is 0 Å². The molecule has 0 aromatic heterocycles. The first-order chi connectivity index (χ1) is 6.40. The molecule has 1 aromatic carbocycles. The Balaban J connectivity index is 2.16. The fourth-order valence-corrected chi connectivity index (χ4v) is 1.41. The number of rotatable bonds is 2. The third-order valence-corrected chi connectivity index (χ3v) is 2.16. The van der Waals surface area contributed by atoms with Crippen molar-refractivity contribution in [2.75, 3.05) is 13.3 Å². The Kier molecular flexibility index (Phi) is 2.38. The smallest absolute Gasteiger partial charge is 0.150 e. The summed E-state index contributed by atoms with van der Waals surface area (Å²) in [6.07, 6.45) is 0.984. The third-order valence-electron chi connectivity index (χ3n) is 2.16. The van der Waals surface area contributed by atoms with Gasteiger partial charge in [-0.05, 0) is 5.56 Å². The van der Waals surface area contributed by atoms with E-state index in [2.05, 4.69) is 5.32 Å². The average molecular weight is 177 g/mol. The lowest BCUT2D eigenvalue weighted by Crippen LogP contribution is -2.07.